The molecule has 0 spiro atoms. The van der Waals surface area contributed by atoms with Crippen LogP contribution in [0.2, 0.25) is 0 Å². The first kappa shape index (κ1) is 17.0. The standard InChI is InChI=1S/C17H26N2S2/c20-13-18-16(19-14-21)17(11-7-3-4-8-12-17)15-9-5-1-2-6-10-15/h15-16H,1-12H2. The zero-order chi connectivity index (χ0) is 15.0. The zero-order valence-electron chi connectivity index (χ0n) is 12.9. The van der Waals surface area contributed by atoms with Gasteiger partial charge in [-0.2, -0.15) is 0 Å². The first-order valence-electron chi connectivity index (χ1n) is 8.47. The SMILES string of the molecule is S=C=NC(N=C=S)C1(C2CCCCCC2)CCCCCC1. The molecule has 2 aliphatic carbocycles. The minimum Gasteiger partial charge on any atom is -0.204 e. The van der Waals surface area contributed by atoms with Crippen LogP contribution in [0.3, 0.4) is 0 Å². The Bertz CT molecular complexity index is 389. The lowest BCUT2D eigenvalue weighted by molar-refractivity contribution is 0.0843. The van der Waals surface area contributed by atoms with E-state index in [4.69, 9.17) is 24.4 Å². The summed E-state index contributed by atoms with van der Waals surface area (Å²) < 4.78 is 0. The van der Waals surface area contributed by atoms with Crippen molar-refractivity contribution in [2.45, 2.75) is 83.2 Å². The van der Waals surface area contributed by atoms with Crippen molar-refractivity contribution in [1.82, 2.24) is 0 Å². The van der Waals surface area contributed by atoms with Crippen molar-refractivity contribution in [3.63, 3.8) is 0 Å². The number of hydrogen-bond donors (Lipinski definition) is 0. The molecule has 0 atom stereocenters. The van der Waals surface area contributed by atoms with Crippen LogP contribution < -0.4 is 0 Å². The Morgan fingerprint density at radius 3 is 1.71 bits per heavy atom. The Kier molecular flexibility index (Phi) is 7.19. The predicted octanol–water partition coefficient (Wildman–Crippen LogP) is 5.83. The highest BCUT2D eigenvalue weighted by molar-refractivity contribution is 7.78. The summed E-state index contributed by atoms with van der Waals surface area (Å²) in [6.45, 7) is 0. The molecule has 0 bridgehead atoms. The molecule has 2 fully saturated rings. The highest BCUT2D eigenvalue weighted by Crippen LogP contribution is 2.50. The van der Waals surface area contributed by atoms with Gasteiger partial charge in [-0.1, -0.05) is 51.4 Å². The van der Waals surface area contributed by atoms with Crippen LogP contribution in [-0.4, -0.2) is 16.5 Å². The first-order valence-corrected chi connectivity index (χ1v) is 9.29. The molecule has 0 aromatic carbocycles. The summed E-state index contributed by atoms with van der Waals surface area (Å²) in [4.78, 5) is 8.85. The van der Waals surface area contributed by atoms with E-state index >= 15 is 0 Å². The maximum atomic E-state index is 4.88. The van der Waals surface area contributed by atoms with Crippen molar-refractivity contribution in [2.75, 3.05) is 0 Å². The third kappa shape index (κ3) is 4.29. The van der Waals surface area contributed by atoms with Crippen LogP contribution >= 0.6 is 24.4 Å². The molecule has 0 unspecified atom stereocenters. The van der Waals surface area contributed by atoms with Crippen molar-refractivity contribution in [3.05, 3.63) is 0 Å². The molecule has 2 nitrogen and oxygen atoms in total. The molecule has 0 N–H and O–H groups in total. The summed E-state index contributed by atoms with van der Waals surface area (Å²) in [5, 5.41) is 5.16. The van der Waals surface area contributed by atoms with Crippen molar-refractivity contribution < 1.29 is 0 Å². The second kappa shape index (κ2) is 8.90. The van der Waals surface area contributed by atoms with E-state index in [1.807, 2.05) is 0 Å². The zero-order valence-corrected chi connectivity index (χ0v) is 14.5. The van der Waals surface area contributed by atoms with Crippen LogP contribution in [-0.2, 0) is 0 Å². The molecule has 116 valence electrons. The average molecular weight is 323 g/mol. The predicted molar refractivity (Wildman–Crippen MR) is 95.2 cm³/mol. The normalized spacial score (nSPS) is 24.8. The van der Waals surface area contributed by atoms with Gasteiger partial charge in [-0.25, -0.2) is 9.98 Å². The molecule has 0 aromatic heterocycles. The second-order valence-corrected chi connectivity index (χ2v) is 7.02. The van der Waals surface area contributed by atoms with E-state index in [1.165, 1.54) is 77.0 Å². The summed E-state index contributed by atoms with van der Waals surface area (Å²) in [6.07, 6.45) is 15.6. The van der Waals surface area contributed by atoms with Gasteiger partial charge in [0.15, 0.2) is 6.17 Å². The van der Waals surface area contributed by atoms with E-state index in [1.54, 1.807) is 0 Å². The number of aliphatic imine (C=N–C) groups is 2. The topological polar surface area (TPSA) is 24.7 Å². The highest BCUT2D eigenvalue weighted by atomic mass is 32.1. The van der Waals surface area contributed by atoms with Gasteiger partial charge >= 0.3 is 0 Å². The van der Waals surface area contributed by atoms with Gasteiger partial charge in [0.2, 0.25) is 0 Å². The van der Waals surface area contributed by atoms with Gasteiger partial charge in [-0.05, 0) is 56.0 Å². The van der Waals surface area contributed by atoms with Crippen molar-refractivity contribution in [2.24, 2.45) is 21.3 Å². The number of nitrogens with zero attached hydrogens (tertiary/aromatic N) is 2. The Balaban J connectivity index is 2.34. The van der Waals surface area contributed by atoms with Crippen LogP contribution in [0.15, 0.2) is 9.98 Å². The molecular weight excluding hydrogens is 296 g/mol. The number of hydrogen-bond acceptors (Lipinski definition) is 4. The summed E-state index contributed by atoms with van der Waals surface area (Å²) >= 11 is 9.77. The number of isothiocyanates is 2. The minimum absolute atomic E-state index is 0.145. The third-order valence-corrected chi connectivity index (χ3v) is 5.78. The number of thiocarbonyl (C=S) groups is 2. The number of rotatable bonds is 4. The Morgan fingerprint density at radius 1 is 0.762 bits per heavy atom. The molecule has 0 radical (unpaired) electrons. The van der Waals surface area contributed by atoms with Crippen LogP contribution in [0, 0.1) is 11.3 Å². The minimum atomic E-state index is -0.145. The van der Waals surface area contributed by atoms with E-state index in [0.29, 0.717) is 5.92 Å². The van der Waals surface area contributed by atoms with Crippen LogP contribution in [0.4, 0.5) is 0 Å². The van der Waals surface area contributed by atoms with Gasteiger partial charge < -0.3 is 0 Å². The smallest absolute Gasteiger partial charge is 0.165 e. The second-order valence-electron chi connectivity index (χ2n) is 6.65. The molecular formula is C17H26N2S2. The molecule has 0 amide bonds. The lowest BCUT2D eigenvalue weighted by atomic mass is 9.65. The fourth-order valence-electron chi connectivity index (χ4n) is 4.50. The van der Waals surface area contributed by atoms with Gasteiger partial charge in [-0.3, -0.25) is 0 Å². The van der Waals surface area contributed by atoms with E-state index < -0.39 is 0 Å². The van der Waals surface area contributed by atoms with Crippen LogP contribution in [0.5, 0.6) is 0 Å². The van der Waals surface area contributed by atoms with E-state index in [2.05, 4.69) is 20.3 Å². The quantitative estimate of drug-likeness (QED) is 0.369. The first-order chi connectivity index (χ1) is 10.3. The Morgan fingerprint density at radius 2 is 1.24 bits per heavy atom. The third-order valence-electron chi connectivity index (χ3n) is 5.57. The van der Waals surface area contributed by atoms with Gasteiger partial charge in [0.25, 0.3) is 0 Å². The fraction of sp³-hybridized carbons (Fsp3) is 0.882. The van der Waals surface area contributed by atoms with E-state index in [0.717, 1.165) is 0 Å². The summed E-state index contributed by atoms with van der Waals surface area (Å²) in [6, 6.07) is 0. The molecule has 0 aromatic rings. The van der Waals surface area contributed by atoms with Crippen molar-refractivity contribution in [3.8, 4) is 0 Å². The molecule has 0 saturated heterocycles. The largest absolute Gasteiger partial charge is 0.204 e. The van der Waals surface area contributed by atoms with E-state index in [9.17, 15) is 0 Å². The monoisotopic (exact) mass is 322 g/mol. The molecule has 2 rings (SSSR count). The molecule has 0 heterocycles. The van der Waals surface area contributed by atoms with Crippen molar-refractivity contribution >= 4 is 34.8 Å². The summed E-state index contributed by atoms with van der Waals surface area (Å²) in [5.41, 5.74) is 0.151. The maximum absolute atomic E-state index is 4.88. The van der Waals surface area contributed by atoms with Crippen LogP contribution in [0.25, 0.3) is 0 Å². The molecule has 2 saturated carbocycles. The molecule has 4 heteroatoms. The summed E-state index contributed by atoms with van der Waals surface area (Å²) in [7, 11) is 0. The molecule has 0 aliphatic heterocycles. The molecule has 2 aliphatic rings. The maximum Gasteiger partial charge on any atom is 0.165 e. The molecule has 21 heavy (non-hydrogen) atoms. The van der Waals surface area contributed by atoms with Crippen molar-refractivity contribution in [1.29, 1.82) is 0 Å². The highest BCUT2D eigenvalue weighted by Gasteiger charge is 2.45. The van der Waals surface area contributed by atoms with Gasteiger partial charge in [0, 0.05) is 5.41 Å². The lowest BCUT2D eigenvalue weighted by Crippen LogP contribution is -2.40. The Hall–Kier alpha value is -0.400. The fourth-order valence-corrected chi connectivity index (χ4v) is 4.70. The van der Waals surface area contributed by atoms with E-state index in [-0.39, 0.29) is 11.6 Å². The van der Waals surface area contributed by atoms with Gasteiger partial charge in [0.1, 0.15) is 0 Å². The van der Waals surface area contributed by atoms with Gasteiger partial charge in [-0.15, -0.1) is 0 Å². The summed E-state index contributed by atoms with van der Waals surface area (Å²) in [5.74, 6) is 0.710. The van der Waals surface area contributed by atoms with Gasteiger partial charge in [0.05, 0.1) is 10.3 Å². The Labute approximate surface area is 139 Å². The van der Waals surface area contributed by atoms with Crippen LogP contribution in [0.1, 0.15) is 77.0 Å². The lowest BCUT2D eigenvalue weighted by Gasteiger charge is -2.42. The average Bonchev–Trinajstić information content (AvgIpc) is 2.90.